The summed E-state index contributed by atoms with van der Waals surface area (Å²) in [5.74, 6) is -4.90. The summed E-state index contributed by atoms with van der Waals surface area (Å²) in [7, 11) is 0. The summed E-state index contributed by atoms with van der Waals surface area (Å²) in [6.45, 7) is 6.96. The second kappa shape index (κ2) is 7.48. The average molecular weight is 349 g/mol. The summed E-state index contributed by atoms with van der Waals surface area (Å²) in [6.07, 6.45) is 1.28. The van der Waals surface area contributed by atoms with Gasteiger partial charge in [-0.2, -0.15) is 0 Å². The van der Waals surface area contributed by atoms with E-state index in [1.54, 1.807) is 13.8 Å². The van der Waals surface area contributed by atoms with Crippen LogP contribution in [0.5, 0.6) is 0 Å². The molecule has 5 heteroatoms. The van der Waals surface area contributed by atoms with E-state index in [9.17, 15) is 13.6 Å². The molecule has 0 spiro atoms. The van der Waals surface area contributed by atoms with Gasteiger partial charge in [0.05, 0.1) is 18.9 Å². The number of hydrogen-bond donors (Lipinski definition) is 1. The molecule has 25 heavy (non-hydrogen) atoms. The molecule has 0 amide bonds. The first-order valence-corrected chi connectivity index (χ1v) is 8.45. The van der Waals surface area contributed by atoms with E-state index < -0.39 is 23.9 Å². The van der Waals surface area contributed by atoms with Gasteiger partial charge in [0.2, 0.25) is 0 Å². The zero-order valence-corrected chi connectivity index (χ0v) is 15.1. The molecule has 0 fully saturated rings. The minimum Gasteiger partial charge on any atom is -0.466 e. The number of aryl methyl sites for hydroxylation is 1. The number of carbonyl (C=O) groups is 1. The van der Waals surface area contributed by atoms with Gasteiger partial charge in [-0.15, -0.1) is 0 Å². The first kappa shape index (κ1) is 19.3. The van der Waals surface area contributed by atoms with Crippen LogP contribution in [0.2, 0.25) is 0 Å². The highest BCUT2D eigenvalue weighted by Crippen LogP contribution is 2.46. The van der Waals surface area contributed by atoms with Crippen LogP contribution >= 0.6 is 0 Å². The minimum atomic E-state index is -3.10. The van der Waals surface area contributed by atoms with E-state index >= 15 is 0 Å². The molecular formula is C20H25F2NO2. The third-order valence-corrected chi connectivity index (χ3v) is 4.84. The fourth-order valence-corrected chi connectivity index (χ4v) is 3.21. The average Bonchev–Trinajstić information content (AvgIpc) is 2.54. The Kier molecular flexibility index (Phi) is 5.78. The zero-order valence-electron chi connectivity index (χ0n) is 15.1. The normalized spacial score (nSPS) is 20.9. The number of alkyl halides is 2. The molecule has 3 nitrogen and oxygen atoms in total. The number of esters is 1. The third kappa shape index (κ3) is 3.82. The Morgan fingerprint density at radius 1 is 1.28 bits per heavy atom. The molecule has 0 heterocycles. The molecule has 0 aromatic heterocycles. The Hall–Kier alpha value is -2.01. The van der Waals surface area contributed by atoms with Crippen LogP contribution in [0, 0.1) is 12.8 Å². The van der Waals surface area contributed by atoms with Crippen molar-refractivity contribution in [1.29, 1.82) is 0 Å². The van der Waals surface area contributed by atoms with Crippen LogP contribution in [0.1, 0.15) is 38.3 Å². The lowest BCUT2D eigenvalue weighted by molar-refractivity contribution is -0.144. The number of ether oxygens (including phenoxy) is 1. The lowest BCUT2D eigenvalue weighted by atomic mass is 9.76. The number of hydrogen-bond acceptors (Lipinski definition) is 3. The van der Waals surface area contributed by atoms with Crippen LogP contribution in [0.4, 0.5) is 8.78 Å². The summed E-state index contributed by atoms with van der Waals surface area (Å²) in [5.41, 5.74) is 9.21. The molecule has 136 valence electrons. The Morgan fingerprint density at radius 2 is 1.92 bits per heavy atom. The number of halogens is 2. The van der Waals surface area contributed by atoms with Crippen molar-refractivity contribution in [2.45, 2.75) is 46.1 Å². The molecule has 1 aromatic rings. The maximum Gasteiger partial charge on any atom is 0.307 e. The molecule has 0 bridgehead atoms. The molecule has 2 atom stereocenters. The predicted octanol–water partition coefficient (Wildman–Crippen LogP) is 4.26. The maximum atomic E-state index is 14.9. The molecule has 2 N–H and O–H groups in total. The van der Waals surface area contributed by atoms with Gasteiger partial charge < -0.3 is 10.5 Å². The van der Waals surface area contributed by atoms with Crippen molar-refractivity contribution in [3.63, 3.8) is 0 Å². The molecule has 0 radical (unpaired) electrons. The second-order valence-corrected chi connectivity index (χ2v) is 6.47. The fourth-order valence-electron chi connectivity index (χ4n) is 3.21. The van der Waals surface area contributed by atoms with E-state index in [1.165, 1.54) is 13.0 Å². The van der Waals surface area contributed by atoms with Gasteiger partial charge >= 0.3 is 5.97 Å². The lowest BCUT2D eigenvalue weighted by Gasteiger charge is -2.35. The monoisotopic (exact) mass is 349 g/mol. The summed E-state index contributed by atoms with van der Waals surface area (Å²) < 4.78 is 34.6. The molecule has 0 saturated heterocycles. The topological polar surface area (TPSA) is 52.3 Å². The number of nitrogens with two attached hydrogens (primary N) is 1. The van der Waals surface area contributed by atoms with Gasteiger partial charge in [0.1, 0.15) is 0 Å². The van der Waals surface area contributed by atoms with Crippen molar-refractivity contribution in [1.82, 2.24) is 0 Å². The van der Waals surface area contributed by atoms with E-state index in [0.29, 0.717) is 5.57 Å². The van der Waals surface area contributed by atoms with Crippen LogP contribution in [-0.2, 0) is 9.53 Å². The largest absolute Gasteiger partial charge is 0.466 e. The molecule has 1 aliphatic rings. The molecule has 0 saturated carbocycles. The molecular weight excluding hydrogens is 324 g/mol. The van der Waals surface area contributed by atoms with Crippen molar-refractivity contribution < 1.29 is 18.3 Å². The van der Waals surface area contributed by atoms with Gasteiger partial charge in [0, 0.05) is 6.04 Å². The molecule has 0 aliphatic heterocycles. The Bertz CT molecular complexity index is 722. The van der Waals surface area contributed by atoms with Gasteiger partial charge in [-0.25, -0.2) is 8.78 Å². The second-order valence-electron chi connectivity index (χ2n) is 6.47. The van der Waals surface area contributed by atoms with Crippen LogP contribution in [0.15, 0.2) is 41.5 Å². The van der Waals surface area contributed by atoms with E-state index in [1.807, 2.05) is 31.2 Å². The smallest absolute Gasteiger partial charge is 0.307 e. The van der Waals surface area contributed by atoms with E-state index in [4.69, 9.17) is 10.5 Å². The predicted molar refractivity (Wildman–Crippen MR) is 95.2 cm³/mol. The summed E-state index contributed by atoms with van der Waals surface area (Å²) >= 11 is 0. The van der Waals surface area contributed by atoms with Crippen molar-refractivity contribution in [2.24, 2.45) is 11.7 Å². The SMILES string of the molecule is CCOC(=O)CC(N)C1C=C(c2ccccc2C)C(C)=C(C)C1(F)F. The Balaban J connectivity index is 2.45. The van der Waals surface area contributed by atoms with Gasteiger partial charge in [-0.3, -0.25) is 4.79 Å². The molecule has 2 rings (SSSR count). The van der Waals surface area contributed by atoms with Crippen LogP contribution < -0.4 is 5.73 Å². The quantitative estimate of drug-likeness (QED) is 0.808. The van der Waals surface area contributed by atoms with Crippen LogP contribution in [-0.4, -0.2) is 24.5 Å². The van der Waals surface area contributed by atoms with Gasteiger partial charge in [0.25, 0.3) is 5.92 Å². The highest BCUT2D eigenvalue weighted by atomic mass is 19.3. The lowest BCUT2D eigenvalue weighted by Crippen LogP contribution is -2.45. The van der Waals surface area contributed by atoms with Gasteiger partial charge in [0.15, 0.2) is 0 Å². The number of benzene rings is 1. The maximum absolute atomic E-state index is 14.9. The fraction of sp³-hybridized carbons (Fsp3) is 0.450. The standard InChI is InChI=1S/C20H25F2NO2/c1-5-25-19(24)11-18(23)17-10-16(13(3)14(4)20(17,21)22)15-9-7-6-8-12(15)2/h6-10,17-18H,5,11,23H2,1-4H3. The van der Waals surface area contributed by atoms with E-state index in [0.717, 1.165) is 16.7 Å². The van der Waals surface area contributed by atoms with Crippen molar-refractivity contribution in [2.75, 3.05) is 6.61 Å². The van der Waals surface area contributed by atoms with Crippen LogP contribution in [0.3, 0.4) is 0 Å². The van der Waals surface area contributed by atoms with Gasteiger partial charge in [-0.1, -0.05) is 30.3 Å². The summed E-state index contributed by atoms with van der Waals surface area (Å²) in [4.78, 5) is 11.7. The minimum absolute atomic E-state index is 0.00226. The molecule has 2 unspecified atom stereocenters. The van der Waals surface area contributed by atoms with Crippen molar-refractivity contribution >= 4 is 11.5 Å². The third-order valence-electron chi connectivity index (χ3n) is 4.84. The number of allylic oxidation sites excluding steroid dienone is 3. The number of rotatable bonds is 5. The van der Waals surface area contributed by atoms with Crippen molar-refractivity contribution in [3.05, 3.63) is 52.6 Å². The highest BCUT2D eigenvalue weighted by molar-refractivity contribution is 5.83. The first-order valence-electron chi connectivity index (χ1n) is 8.45. The van der Waals surface area contributed by atoms with Crippen LogP contribution in [0.25, 0.3) is 5.57 Å². The first-order chi connectivity index (χ1) is 11.7. The van der Waals surface area contributed by atoms with E-state index in [2.05, 4.69) is 0 Å². The highest BCUT2D eigenvalue weighted by Gasteiger charge is 2.47. The van der Waals surface area contributed by atoms with E-state index in [-0.39, 0.29) is 18.6 Å². The summed E-state index contributed by atoms with van der Waals surface area (Å²) in [5, 5.41) is 0. The van der Waals surface area contributed by atoms with Crippen molar-refractivity contribution in [3.8, 4) is 0 Å². The Labute approximate surface area is 147 Å². The zero-order chi connectivity index (χ0) is 18.8. The molecule has 1 aromatic carbocycles. The van der Waals surface area contributed by atoms with Gasteiger partial charge in [-0.05, 0) is 55.5 Å². The molecule has 1 aliphatic carbocycles. The summed E-state index contributed by atoms with van der Waals surface area (Å²) in [6, 6.07) is 6.63. The number of carbonyl (C=O) groups excluding carboxylic acids is 1. The Morgan fingerprint density at radius 3 is 2.52 bits per heavy atom.